The van der Waals surface area contributed by atoms with Crippen molar-refractivity contribution >= 4 is 23.4 Å². The van der Waals surface area contributed by atoms with Crippen LogP contribution in [0.5, 0.6) is 0 Å². The van der Waals surface area contributed by atoms with Gasteiger partial charge in [-0.2, -0.15) is 0 Å². The van der Waals surface area contributed by atoms with Crippen molar-refractivity contribution in [3.8, 4) is 11.3 Å². The highest BCUT2D eigenvalue weighted by Crippen LogP contribution is 2.41. The van der Waals surface area contributed by atoms with Crippen molar-refractivity contribution in [2.75, 3.05) is 28.2 Å². The zero-order valence-corrected chi connectivity index (χ0v) is 17.5. The quantitative estimate of drug-likeness (QED) is 0.692. The van der Waals surface area contributed by atoms with Crippen LogP contribution in [0.2, 0.25) is 0 Å². The third kappa shape index (κ3) is 3.30. The van der Waals surface area contributed by atoms with Crippen molar-refractivity contribution in [2.45, 2.75) is 38.1 Å². The second-order valence-corrected chi connectivity index (χ2v) is 8.66. The van der Waals surface area contributed by atoms with Gasteiger partial charge < -0.3 is 4.90 Å². The SMILES string of the molecule is Cc1cc(-c2ccc3c(n2)N(C(=O)Nc2cc(C4CC4)ccn2)[C@H]2CCN3C2)ccn1. The Balaban J connectivity index is 1.35. The van der Waals surface area contributed by atoms with E-state index in [0.717, 1.165) is 48.0 Å². The van der Waals surface area contributed by atoms with Crippen molar-refractivity contribution < 1.29 is 4.79 Å². The maximum atomic E-state index is 13.4. The average Bonchev–Trinajstić information content (AvgIpc) is 3.55. The number of hydrogen-bond acceptors (Lipinski definition) is 5. The molecule has 0 radical (unpaired) electrons. The molecule has 2 aliphatic heterocycles. The number of amides is 2. The lowest BCUT2D eigenvalue weighted by Gasteiger charge is -2.35. The zero-order valence-electron chi connectivity index (χ0n) is 17.5. The van der Waals surface area contributed by atoms with E-state index in [0.29, 0.717) is 11.7 Å². The van der Waals surface area contributed by atoms with Gasteiger partial charge >= 0.3 is 6.03 Å². The summed E-state index contributed by atoms with van der Waals surface area (Å²) in [4.78, 5) is 31.2. The van der Waals surface area contributed by atoms with E-state index in [-0.39, 0.29) is 12.1 Å². The number of carbonyl (C=O) groups excluding carboxylic acids is 1. The van der Waals surface area contributed by atoms with Crippen LogP contribution in [0.25, 0.3) is 11.3 Å². The van der Waals surface area contributed by atoms with Gasteiger partial charge in [0.15, 0.2) is 5.82 Å². The van der Waals surface area contributed by atoms with Gasteiger partial charge in [-0.3, -0.25) is 15.2 Å². The maximum Gasteiger partial charge on any atom is 0.329 e. The number of pyridine rings is 3. The molecule has 1 saturated carbocycles. The van der Waals surface area contributed by atoms with E-state index in [9.17, 15) is 4.79 Å². The van der Waals surface area contributed by atoms with Gasteiger partial charge in [-0.1, -0.05) is 0 Å². The number of carbonyl (C=O) groups is 1. The normalized spacial score (nSPS) is 19.3. The van der Waals surface area contributed by atoms with Crippen molar-refractivity contribution in [2.24, 2.45) is 0 Å². The van der Waals surface area contributed by atoms with Crippen LogP contribution in [-0.2, 0) is 0 Å². The van der Waals surface area contributed by atoms with Crippen LogP contribution in [0, 0.1) is 6.92 Å². The minimum atomic E-state index is -0.163. The molecule has 31 heavy (non-hydrogen) atoms. The Labute approximate surface area is 181 Å². The summed E-state index contributed by atoms with van der Waals surface area (Å²) in [5.41, 5.74) is 5.06. The predicted molar refractivity (Wildman–Crippen MR) is 121 cm³/mol. The number of nitrogens with one attached hydrogen (secondary N) is 1. The van der Waals surface area contributed by atoms with Gasteiger partial charge in [0.1, 0.15) is 5.82 Å². The Hall–Kier alpha value is -3.48. The largest absolute Gasteiger partial charge is 0.366 e. The smallest absolute Gasteiger partial charge is 0.329 e. The van der Waals surface area contributed by atoms with E-state index >= 15 is 0 Å². The van der Waals surface area contributed by atoms with E-state index in [2.05, 4.69) is 26.3 Å². The molecule has 1 saturated heterocycles. The van der Waals surface area contributed by atoms with Gasteiger partial charge in [0.2, 0.25) is 0 Å². The number of urea groups is 1. The number of hydrogen-bond donors (Lipinski definition) is 1. The molecule has 7 heteroatoms. The lowest BCUT2D eigenvalue weighted by Crippen LogP contribution is -2.48. The van der Waals surface area contributed by atoms with Gasteiger partial charge in [0, 0.05) is 36.7 Å². The van der Waals surface area contributed by atoms with Crippen LogP contribution in [0.3, 0.4) is 0 Å². The van der Waals surface area contributed by atoms with Crippen LogP contribution >= 0.6 is 0 Å². The van der Waals surface area contributed by atoms with Gasteiger partial charge in [0.25, 0.3) is 0 Å². The van der Waals surface area contributed by atoms with Crippen LogP contribution in [0.4, 0.5) is 22.1 Å². The van der Waals surface area contributed by atoms with E-state index in [4.69, 9.17) is 4.98 Å². The first kappa shape index (κ1) is 18.3. The van der Waals surface area contributed by atoms with Crippen LogP contribution in [-0.4, -0.2) is 40.1 Å². The van der Waals surface area contributed by atoms with E-state index in [1.54, 1.807) is 12.4 Å². The molecule has 1 N–H and O–H groups in total. The molecule has 1 atom stereocenters. The number of fused-ring (bicyclic) bond motifs is 4. The van der Waals surface area contributed by atoms with Gasteiger partial charge in [-0.15, -0.1) is 0 Å². The third-order valence-electron chi connectivity index (χ3n) is 6.43. The number of rotatable bonds is 3. The molecule has 0 spiro atoms. The highest BCUT2D eigenvalue weighted by atomic mass is 16.2. The third-order valence-corrected chi connectivity index (χ3v) is 6.43. The summed E-state index contributed by atoms with van der Waals surface area (Å²) in [5, 5.41) is 3.03. The summed E-state index contributed by atoms with van der Waals surface area (Å²) >= 11 is 0. The summed E-state index contributed by atoms with van der Waals surface area (Å²) in [6.45, 7) is 3.74. The fraction of sp³-hybridized carbons (Fsp3) is 0.333. The second-order valence-electron chi connectivity index (χ2n) is 8.66. The topological polar surface area (TPSA) is 74.2 Å². The summed E-state index contributed by atoms with van der Waals surface area (Å²) in [7, 11) is 0. The number of anilines is 3. The van der Waals surface area contributed by atoms with Crippen LogP contribution < -0.4 is 15.1 Å². The molecule has 0 aromatic carbocycles. The minimum Gasteiger partial charge on any atom is -0.366 e. The lowest BCUT2D eigenvalue weighted by molar-refractivity contribution is 0.254. The molecule has 0 unspecified atom stereocenters. The maximum absolute atomic E-state index is 13.4. The summed E-state index contributed by atoms with van der Waals surface area (Å²) in [6.07, 6.45) is 6.95. The molecule has 1 aliphatic carbocycles. The second kappa shape index (κ2) is 7.04. The molecular weight excluding hydrogens is 388 g/mol. The molecule has 3 aliphatic rings. The first-order valence-electron chi connectivity index (χ1n) is 10.9. The van der Waals surface area contributed by atoms with Gasteiger partial charge in [-0.25, -0.2) is 14.8 Å². The Morgan fingerprint density at radius 2 is 1.94 bits per heavy atom. The van der Waals surface area contributed by atoms with Crippen LogP contribution in [0.15, 0.2) is 48.8 Å². The van der Waals surface area contributed by atoms with Crippen molar-refractivity contribution in [1.29, 1.82) is 0 Å². The zero-order chi connectivity index (χ0) is 20.9. The van der Waals surface area contributed by atoms with Gasteiger partial charge in [-0.05, 0) is 74.1 Å². The Morgan fingerprint density at radius 1 is 1.06 bits per heavy atom. The van der Waals surface area contributed by atoms with Crippen molar-refractivity contribution in [3.63, 3.8) is 0 Å². The molecule has 2 amide bonds. The van der Waals surface area contributed by atoms with E-state index < -0.39 is 0 Å². The monoisotopic (exact) mass is 412 g/mol. The molecule has 2 bridgehead atoms. The highest BCUT2D eigenvalue weighted by molar-refractivity contribution is 6.04. The molecule has 5 heterocycles. The standard InChI is InChI=1S/C24H24N6O/c1-15-12-18(7-9-25-15)20-4-5-21-23(27-20)30(19-8-11-29(21)14-19)24(31)28-22-13-17(6-10-26-22)16-2-3-16/h4-7,9-10,12-13,16,19H,2-3,8,11,14H2,1H3,(H,26,28,31)/t19-/m0/s1. The molecule has 156 valence electrons. The van der Waals surface area contributed by atoms with Crippen LogP contribution in [0.1, 0.15) is 36.4 Å². The van der Waals surface area contributed by atoms with Crippen molar-refractivity contribution in [3.05, 3.63) is 60.0 Å². The predicted octanol–water partition coefficient (Wildman–Crippen LogP) is 4.36. The molecule has 3 aromatic rings. The highest BCUT2D eigenvalue weighted by Gasteiger charge is 2.40. The number of nitrogens with zero attached hydrogens (tertiary/aromatic N) is 5. The van der Waals surface area contributed by atoms with Crippen molar-refractivity contribution in [1.82, 2.24) is 15.0 Å². The fourth-order valence-corrected chi connectivity index (χ4v) is 4.69. The molecule has 3 aromatic heterocycles. The molecule has 7 nitrogen and oxygen atoms in total. The van der Waals surface area contributed by atoms with E-state index in [1.165, 1.54) is 18.4 Å². The molecular formula is C24H24N6O. The number of aryl methyl sites for hydroxylation is 1. The molecule has 2 fully saturated rings. The Bertz CT molecular complexity index is 1170. The summed E-state index contributed by atoms with van der Waals surface area (Å²) in [6, 6.07) is 12.1. The summed E-state index contributed by atoms with van der Waals surface area (Å²) in [5.74, 6) is 1.94. The van der Waals surface area contributed by atoms with Gasteiger partial charge in [0.05, 0.1) is 17.4 Å². The number of aromatic nitrogens is 3. The first-order valence-corrected chi connectivity index (χ1v) is 10.9. The average molecular weight is 412 g/mol. The molecule has 6 rings (SSSR count). The Morgan fingerprint density at radius 3 is 2.77 bits per heavy atom. The minimum absolute atomic E-state index is 0.112. The first-order chi connectivity index (χ1) is 15.2. The Kier molecular flexibility index (Phi) is 4.16. The lowest BCUT2D eigenvalue weighted by atomic mass is 10.1. The van der Waals surface area contributed by atoms with E-state index in [1.807, 2.05) is 42.2 Å². The fourth-order valence-electron chi connectivity index (χ4n) is 4.69. The summed E-state index contributed by atoms with van der Waals surface area (Å²) < 4.78 is 0.